The monoisotopic (exact) mass is 455 g/mol. The topological polar surface area (TPSA) is 114 Å². The van der Waals surface area contributed by atoms with Gasteiger partial charge in [0.15, 0.2) is 6.04 Å². The first-order chi connectivity index (χ1) is 16.5. The van der Waals surface area contributed by atoms with Crippen LogP contribution < -0.4 is 15.5 Å². The summed E-state index contributed by atoms with van der Waals surface area (Å²) >= 11 is 0. The second kappa shape index (κ2) is 10.4. The largest absolute Gasteiger partial charge is 0.368 e. The van der Waals surface area contributed by atoms with Crippen LogP contribution in [0, 0.1) is 11.3 Å². The molecular formula is C25H25N7O2. The Balaban J connectivity index is 1.39. The van der Waals surface area contributed by atoms with Gasteiger partial charge in [-0.1, -0.05) is 18.2 Å². The van der Waals surface area contributed by atoms with Crippen LogP contribution >= 0.6 is 0 Å². The Kier molecular flexibility index (Phi) is 6.98. The van der Waals surface area contributed by atoms with Gasteiger partial charge in [0.05, 0.1) is 11.8 Å². The third kappa shape index (κ3) is 5.48. The minimum absolute atomic E-state index is 0.111. The standard InChI is InChI=1S/C25H25N7O2/c1-18(33)31-13-15-32(16-14-31)21-9-7-20(8-10-21)28-25-27-12-11-22(30-25)23(17-26)29-24(34)19-5-3-2-4-6-19/h2-12,23H,13-16H2,1H3,(H,29,34)(H,27,28,30). The third-order valence-electron chi connectivity index (χ3n) is 5.63. The Bertz CT molecular complexity index is 1180. The molecule has 34 heavy (non-hydrogen) atoms. The summed E-state index contributed by atoms with van der Waals surface area (Å²) in [5, 5.41) is 15.4. The van der Waals surface area contributed by atoms with Crippen molar-refractivity contribution in [3.05, 3.63) is 78.1 Å². The number of hydrogen-bond donors (Lipinski definition) is 2. The summed E-state index contributed by atoms with van der Waals surface area (Å²) in [5.41, 5.74) is 2.74. The van der Waals surface area contributed by atoms with Crippen molar-refractivity contribution in [2.24, 2.45) is 0 Å². The maximum atomic E-state index is 12.4. The average Bonchev–Trinajstić information content (AvgIpc) is 2.88. The Labute approximate surface area is 198 Å². The van der Waals surface area contributed by atoms with Crippen molar-refractivity contribution in [1.29, 1.82) is 5.26 Å². The molecule has 9 heteroatoms. The van der Waals surface area contributed by atoms with E-state index in [1.165, 1.54) is 0 Å². The predicted molar refractivity (Wildman–Crippen MR) is 128 cm³/mol. The first kappa shape index (κ1) is 22.7. The van der Waals surface area contributed by atoms with Crippen molar-refractivity contribution in [3.63, 3.8) is 0 Å². The van der Waals surface area contributed by atoms with Crippen molar-refractivity contribution in [2.75, 3.05) is 36.4 Å². The SMILES string of the molecule is CC(=O)N1CCN(c2ccc(Nc3nccc(C(C#N)NC(=O)c4ccccc4)n3)cc2)CC1. The average molecular weight is 456 g/mol. The third-order valence-corrected chi connectivity index (χ3v) is 5.63. The second-order valence-electron chi connectivity index (χ2n) is 7.87. The molecule has 0 bridgehead atoms. The molecule has 1 fully saturated rings. The van der Waals surface area contributed by atoms with E-state index in [0.717, 1.165) is 37.6 Å². The summed E-state index contributed by atoms with van der Waals surface area (Å²) in [6.45, 7) is 4.63. The van der Waals surface area contributed by atoms with Crippen molar-refractivity contribution >= 4 is 29.1 Å². The molecule has 1 aromatic heterocycles. The first-order valence-electron chi connectivity index (χ1n) is 11.0. The number of nitrogens with one attached hydrogen (secondary N) is 2. The number of nitriles is 1. The smallest absolute Gasteiger partial charge is 0.252 e. The Morgan fingerprint density at radius 1 is 1.00 bits per heavy atom. The summed E-state index contributed by atoms with van der Waals surface area (Å²) in [6.07, 6.45) is 1.55. The van der Waals surface area contributed by atoms with Gasteiger partial charge in [0.1, 0.15) is 0 Å². The van der Waals surface area contributed by atoms with Gasteiger partial charge in [0.25, 0.3) is 5.91 Å². The van der Waals surface area contributed by atoms with Crippen LogP contribution in [0.4, 0.5) is 17.3 Å². The highest BCUT2D eigenvalue weighted by atomic mass is 16.2. The normalized spacial score (nSPS) is 14.1. The fourth-order valence-corrected chi connectivity index (χ4v) is 3.73. The molecule has 172 valence electrons. The van der Waals surface area contributed by atoms with Crippen LogP contribution in [0.3, 0.4) is 0 Å². The molecule has 0 saturated carbocycles. The van der Waals surface area contributed by atoms with E-state index in [-0.39, 0.29) is 11.8 Å². The highest BCUT2D eigenvalue weighted by Crippen LogP contribution is 2.22. The van der Waals surface area contributed by atoms with Gasteiger partial charge >= 0.3 is 0 Å². The number of aromatic nitrogens is 2. The van der Waals surface area contributed by atoms with Crippen LogP contribution in [-0.2, 0) is 4.79 Å². The van der Waals surface area contributed by atoms with Crippen LogP contribution in [-0.4, -0.2) is 52.9 Å². The Morgan fingerprint density at radius 2 is 1.71 bits per heavy atom. The summed E-state index contributed by atoms with van der Waals surface area (Å²) in [7, 11) is 0. The number of amides is 2. The molecule has 1 aliphatic heterocycles. The van der Waals surface area contributed by atoms with E-state index in [9.17, 15) is 14.9 Å². The molecule has 0 spiro atoms. The molecule has 1 aliphatic rings. The van der Waals surface area contributed by atoms with Crippen molar-refractivity contribution in [3.8, 4) is 6.07 Å². The summed E-state index contributed by atoms with van der Waals surface area (Å²) in [5.74, 6) is 0.0919. The van der Waals surface area contributed by atoms with Gasteiger partial charge in [-0.3, -0.25) is 9.59 Å². The van der Waals surface area contributed by atoms with Gasteiger partial charge in [0, 0.05) is 56.2 Å². The lowest BCUT2D eigenvalue weighted by atomic mass is 10.1. The molecule has 0 aliphatic carbocycles. The summed E-state index contributed by atoms with van der Waals surface area (Å²) in [4.78, 5) is 36.7. The van der Waals surface area contributed by atoms with Gasteiger partial charge in [-0.2, -0.15) is 5.26 Å². The zero-order valence-corrected chi connectivity index (χ0v) is 18.8. The van der Waals surface area contributed by atoms with Gasteiger partial charge in [-0.25, -0.2) is 9.97 Å². The van der Waals surface area contributed by atoms with Crippen LogP contribution in [0.2, 0.25) is 0 Å². The maximum Gasteiger partial charge on any atom is 0.252 e. The van der Waals surface area contributed by atoms with Crippen LogP contribution in [0.1, 0.15) is 29.0 Å². The Hall–Kier alpha value is -4.45. The van der Waals surface area contributed by atoms with Crippen LogP contribution in [0.5, 0.6) is 0 Å². The fourth-order valence-electron chi connectivity index (χ4n) is 3.73. The van der Waals surface area contributed by atoms with Gasteiger partial charge in [-0.15, -0.1) is 0 Å². The van der Waals surface area contributed by atoms with E-state index in [1.807, 2.05) is 35.2 Å². The van der Waals surface area contributed by atoms with E-state index < -0.39 is 6.04 Å². The molecule has 2 amide bonds. The van der Waals surface area contributed by atoms with Crippen LogP contribution in [0.15, 0.2) is 66.9 Å². The minimum Gasteiger partial charge on any atom is -0.368 e. The molecule has 4 rings (SSSR count). The number of rotatable bonds is 6. The van der Waals surface area contributed by atoms with Gasteiger partial charge in [0.2, 0.25) is 11.9 Å². The first-order valence-corrected chi connectivity index (χ1v) is 11.0. The zero-order chi connectivity index (χ0) is 23.9. The molecule has 2 N–H and O–H groups in total. The number of nitrogens with zero attached hydrogens (tertiary/aromatic N) is 5. The molecular weight excluding hydrogens is 430 g/mol. The number of hydrogen-bond acceptors (Lipinski definition) is 7. The lowest BCUT2D eigenvalue weighted by Crippen LogP contribution is -2.48. The molecule has 1 atom stereocenters. The second-order valence-corrected chi connectivity index (χ2v) is 7.87. The lowest BCUT2D eigenvalue weighted by molar-refractivity contribution is -0.129. The molecule has 2 aromatic carbocycles. The van der Waals surface area contributed by atoms with E-state index in [4.69, 9.17) is 0 Å². The highest BCUT2D eigenvalue weighted by Gasteiger charge is 2.19. The Morgan fingerprint density at radius 3 is 2.35 bits per heavy atom. The van der Waals surface area contributed by atoms with Crippen LogP contribution in [0.25, 0.3) is 0 Å². The molecule has 0 radical (unpaired) electrons. The fraction of sp³-hybridized carbons (Fsp3) is 0.240. The number of carbonyl (C=O) groups excluding carboxylic acids is 2. The van der Waals surface area contributed by atoms with Crippen molar-refractivity contribution < 1.29 is 9.59 Å². The molecule has 2 heterocycles. The molecule has 3 aromatic rings. The summed E-state index contributed by atoms with van der Waals surface area (Å²) < 4.78 is 0. The van der Waals surface area contributed by atoms with Crippen molar-refractivity contribution in [2.45, 2.75) is 13.0 Å². The van der Waals surface area contributed by atoms with E-state index in [1.54, 1.807) is 43.5 Å². The number of piperazine rings is 1. The highest BCUT2D eigenvalue weighted by molar-refractivity contribution is 5.94. The maximum absolute atomic E-state index is 12.4. The van der Waals surface area contributed by atoms with Gasteiger partial charge < -0.3 is 20.4 Å². The molecule has 1 saturated heterocycles. The zero-order valence-electron chi connectivity index (χ0n) is 18.8. The van der Waals surface area contributed by atoms with Crippen molar-refractivity contribution in [1.82, 2.24) is 20.2 Å². The van der Waals surface area contributed by atoms with Gasteiger partial charge in [-0.05, 0) is 42.5 Å². The minimum atomic E-state index is -0.910. The predicted octanol–water partition coefficient (Wildman–Crippen LogP) is 2.88. The molecule has 1 unspecified atom stereocenters. The quantitative estimate of drug-likeness (QED) is 0.587. The van der Waals surface area contributed by atoms with E-state index in [0.29, 0.717) is 17.2 Å². The summed E-state index contributed by atoms with van der Waals surface area (Å²) in [6, 6.07) is 19.4. The lowest BCUT2D eigenvalue weighted by Gasteiger charge is -2.35. The van der Waals surface area contributed by atoms with E-state index in [2.05, 4.69) is 31.6 Å². The van der Waals surface area contributed by atoms with E-state index >= 15 is 0 Å². The molecule has 9 nitrogen and oxygen atoms in total. The number of anilines is 3. The number of carbonyl (C=O) groups is 2. The number of benzene rings is 2.